The van der Waals surface area contributed by atoms with Gasteiger partial charge in [-0.1, -0.05) is 170 Å². The number of unbranched alkanes of at least 4 members (excludes halogenated alkanes) is 15. The second-order valence-corrected chi connectivity index (χ2v) is 17.5. The topological polar surface area (TPSA) is 91.3 Å². The molecule has 0 spiro atoms. The first kappa shape index (κ1) is 54.9. The lowest BCUT2D eigenvalue weighted by atomic mass is 10.1. The first-order chi connectivity index (χ1) is 27.6. The molecule has 57 heavy (non-hydrogen) atoms. The van der Waals surface area contributed by atoms with E-state index in [1.165, 1.54) is 64.2 Å². The Labute approximate surface area is 351 Å². The maximum atomic E-state index is 12.7. The molecule has 0 heterocycles. The van der Waals surface area contributed by atoms with Crippen molar-refractivity contribution >= 4 is 13.8 Å². The van der Waals surface area contributed by atoms with E-state index in [1.54, 1.807) is 0 Å². The number of phosphoric acid groups is 1. The number of quaternary nitrogens is 1. The highest BCUT2D eigenvalue weighted by Crippen LogP contribution is 2.43. The van der Waals surface area contributed by atoms with Crippen molar-refractivity contribution in [1.29, 1.82) is 0 Å². The Morgan fingerprint density at radius 2 is 1.02 bits per heavy atom. The predicted molar refractivity (Wildman–Crippen MR) is 242 cm³/mol. The van der Waals surface area contributed by atoms with Crippen LogP contribution in [0.1, 0.15) is 168 Å². The highest BCUT2D eigenvalue weighted by molar-refractivity contribution is 7.47. The van der Waals surface area contributed by atoms with Gasteiger partial charge in [-0.3, -0.25) is 13.8 Å². The lowest BCUT2D eigenvalue weighted by molar-refractivity contribution is -0.870. The summed E-state index contributed by atoms with van der Waals surface area (Å²) in [6.45, 7) is 5.47. The van der Waals surface area contributed by atoms with Gasteiger partial charge in [-0.15, -0.1) is 0 Å². The van der Waals surface area contributed by atoms with Crippen LogP contribution in [0.15, 0.2) is 72.9 Å². The Morgan fingerprint density at radius 3 is 1.53 bits per heavy atom. The fourth-order valence-electron chi connectivity index (χ4n) is 5.79. The third-order valence-electron chi connectivity index (χ3n) is 9.28. The van der Waals surface area contributed by atoms with Gasteiger partial charge in [0.1, 0.15) is 19.3 Å². The molecule has 0 saturated carbocycles. The molecule has 0 rings (SSSR count). The van der Waals surface area contributed by atoms with Gasteiger partial charge in [-0.2, -0.15) is 0 Å². The molecule has 8 nitrogen and oxygen atoms in total. The summed E-state index contributed by atoms with van der Waals surface area (Å²) in [6, 6.07) is 0. The van der Waals surface area contributed by atoms with Crippen molar-refractivity contribution in [3.8, 4) is 0 Å². The molecule has 1 N–H and O–H groups in total. The molecule has 9 heteroatoms. The van der Waals surface area contributed by atoms with Gasteiger partial charge in [-0.25, -0.2) is 4.57 Å². The summed E-state index contributed by atoms with van der Waals surface area (Å²) in [5.41, 5.74) is 0. The molecule has 0 aliphatic carbocycles. The van der Waals surface area contributed by atoms with Crippen LogP contribution in [0.5, 0.6) is 0 Å². The van der Waals surface area contributed by atoms with E-state index in [-0.39, 0.29) is 25.8 Å². The monoisotopic (exact) mass is 821 g/mol. The normalized spacial score (nSPS) is 14.4. The summed E-state index contributed by atoms with van der Waals surface area (Å²) in [4.78, 5) is 22.9. The van der Waals surface area contributed by atoms with Crippen molar-refractivity contribution in [2.45, 2.75) is 174 Å². The molecular formula is C48H87NO7P+. The van der Waals surface area contributed by atoms with E-state index in [0.29, 0.717) is 24.1 Å². The Balaban J connectivity index is 4.19. The SMILES string of the molecule is CC/C=C\C/C=C\C/C=C\C/C=C\C/C=C\C/C=C\CCCCCCCCC(=O)OC(COCCCCCCCCCCCC)COP(=O)(O)OCC[N+](C)(C)C. The van der Waals surface area contributed by atoms with Gasteiger partial charge in [0.2, 0.25) is 0 Å². The Bertz CT molecular complexity index is 1140. The molecule has 0 saturated heterocycles. The highest BCUT2D eigenvalue weighted by Gasteiger charge is 2.26. The van der Waals surface area contributed by atoms with E-state index < -0.39 is 13.9 Å². The molecule has 2 unspecified atom stereocenters. The van der Waals surface area contributed by atoms with E-state index in [1.807, 2.05) is 21.1 Å². The molecule has 0 bridgehead atoms. The number of carbonyl (C=O) groups is 1. The Hall–Kier alpha value is -2.06. The van der Waals surface area contributed by atoms with Crippen molar-refractivity contribution in [3.05, 3.63) is 72.9 Å². The maximum absolute atomic E-state index is 12.7. The molecule has 0 aromatic carbocycles. The first-order valence-corrected chi connectivity index (χ1v) is 24.2. The van der Waals surface area contributed by atoms with E-state index in [9.17, 15) is 14.3 Å². The van der Waals surface area contributed by atoms with Crippen LogP contribution in [0.25, 0.3) is 0 Å². The van der Waals surface area contributed by atoms with Crippen LogP contribution >= 0.6 is 7.82 Å². The molecule has 0 aromatic heterocycles. The zero-order chi connectivity index (χ0) is 42.0. The van der Waals surface area contributed by atoms with Gasteiger partial charge in [0.05, 0.1) is 34.4 Å². The number of carbonyl (C=O) groups excluding carboxylic acids is 1. The highest BCUT2D eigenvalue weighted by atomic mass is 31.2. The van der Waals surface area contributed by atoms with Crippen molar-refractivity contribution in [1.82, 2.24) is 0 Å². The van der Waals surface area contributed by atoms with E-state index in [2.05, 4.69) is 86.8 Å². The van der Waals surface area contributed by atoms with E-state index in [0.717, 1.165) is 83.5 Å². The van der Waals surface area contributed by atoms with Gasteiger partial charge >= 0.3 is 13.8 Å². The fraction of sp³-hybridized carbons (Fsp3) is 0.729. The van der Waals surface area contributed by atoms with Gasteiger partial charge in [-0.05, 0) is 64.2 Å². The lowest BCUT2D eigenvalue weighted by Crippen LogP contribution is -2.37. The summed E-state index contributed by atoms with van der Waals surface area (Å²) >= 11 is 0. The van der Waals surface area contributed by atoms with Gasteiger partial charge in [0.25, 0.3) is 0 Å². The van der Waals surface area contributed by atoms with Crippen LogP contribution in [0.4, 0.5) is 0 Å². The number of hydrogen-bond acceptors (Lipinski definition) is 6. The third-order valence-corrected chi connectivity index (χ3v) is 10.3. The van der Waals surface area contributed by atoms with E-state index >= 15 is 0 Å². The second kappa shape index (κ2) is 40.7. The average Bonchev–Trinajstić information content (AvgIpc) is 3.16. The summed E-state index contributed by atoms with van der Waals surface area (Å²) < 4.78 is 34.9. The fourth-order valence-corrected chi connectivity index (χ4v) is 6.53. The average molecular weight is 821 g/mol. The number of esters is 1. The van der Waals surface area contributed by atoms with Crippen LogP contribution < -0.4 is 0 Å². The molecule has 0 radical (unpaired) electrons. The summed E-state index contributed by atoms with van der Waals surface area (Å²) in [7, 11) is 1.65. The molecular weight excluding hydrogens is 734 g/mol. The van der Waals surface area contributed by atoms with Crippen LogP contribution in [0.2, 0.25) is 0 Å². The minimum Gasteiger partial charge on any atom is -0.457 e. The van der Waals surface area contributed by atoms with Crippen LogP contribution in [-0.4, -0.2) is 75.6 Å². The molecule has 0 aromatic rings. The number of nitrogens with zero attached hydrogens (tertiary/aromatic N) is 1. The first-order valence-electron chi connectivity index (χ1n) is 22.7. The number of likely N-dealkylation sites (N-methyl/N-ethyl adjacent to an activating group) is 1. The largest absolute Gasteiger partial charge is 0.472 e. The molecule has 0 aliphatic heterocycles. The number of rotatable bonds is 41. The number of allylic oxidation sites excluding steroid dienone is 12. The quantitative estimate of drug-likeness (QED) is 0.0216. The number of ether oxygens (including phenoxy) is 2. The van der Waals surface area contributed by atoms with Crippen molar-refractivity contribution < 1.29 is 37.3 Å². The molecule has 2 atom stereocenters. The number of phosphoric ester groups is 1. The summed E-state index contributed by atoms with van der Waals surface area (Å²) in [5, 5.41) is 0. The van der Waals surface area contributed by atoms with Gasteiger partial charge < -0.3 is 18.9 Å². The zero-order valence-electron chi connectivity index (χ0n) is 37.3. The molecule has 0 amide bonds. The van der Waals surface area contributed by atoms with Crippen LogP contribution in [0, 0.1) is 0 Å². The lowest BCUT2D eigenvalue weighted by Gasteiger charge is -2.24. The van der Waals surface area contributed by atoms with Crippen molar-refractivity contribution in [3.63, 3.8) is 0 Å². The minimum atomic E-state index is -4.28. The standard InChI is InChI=1S/C48H86NO7P/c1-6-8-10-12-14-16-18-19-20-21-22-23-24-25-26-27-28-29-30-31-32-33-35-37-39-41-48(50)56-47(46-55-57(51,52)54-44-42-49(3,4)5)45-53-43-40-38-36-34-17-15-13-11-9-7-2/h8,10,14,16,19-20,22-23,25-26,28-29,47H,6-7,9,11-13,15,17-18,21,24,27,30-46H2,1-5H3/p+1/b10-8-,16-14-,20-19-,23-22-,26-25-,29-28-. The number of hydrogen-bond donors (Lipinski definition) is 1. The maximum Gasteiger partial charge on any atom is 0.472 e. The Morgan fingerprint density at radius 1 is 0.561 bits per heavy atom. The smallest absolute Gasteiger partial charge is 0.457 e. The van der Waals surface area contributed by atoms with Gasteiger partial charge in [0.15, 0.2) is 0 Å². The second-order valence-electron chi connectivity index (χ2n) is 16.1. The summed E-state index contributed by atoms with van der Waals surface area (Å²) in [6.07, 6.45) is 52.2. The van der Waals surface area contributed by atoms with Crippen molar-refractivity contribution in [2.75, 3.05) is 54.1 Å². The van der Waals surface area contributed by atoms with E-state index in [4.69, 9.17) is 18.5 Å². The summed E-state index contributed by atoms with van der Waals surface area (Å²) in [5.74, 6) is -0.331. The molecule has 330 valence electrons. The van der Waals surface area contributed by atoms with Crippen molar-refractivity contribution in [2.24, 2.45) is 0 Å². The Kier molecular flexibility index (Phi) is 39.2. The molecule has 0 fully saturated rings. The predicted octanol–water partition coefficient (Wildman–Crippen LogP) is 13.5. The minimum absolute atomic E-state index is 0.0828. The molecule has 0 aliphatic rings. The van der Waals surface area contributed by atoms with Gasteiger partial charge in [0, 0.05) is 13.0 Å². The third kappa shape index (κ3) is 44.9. The zero-order valence-corrected chi connectivity index (χ0v) is 38.2. The van der Waals surface area contributed by atoms with Crippen LogP contribution in [-0.2, 0) is 27.9 Å². The van der Waals surface area contributed by atoms with Crippen LogP contribution in [0.3, 0.4) is 0 Å².